The van der Waals surface area contributed by atoms with Crippen molar-refractivity contribution in [3.05, 3.63) is 59.3 Å². The number of benzene rings is 1. The first kappa shape index (κ1) is 19.0. The fourth-order valence-corrected chi connectivity index (χ4v) is 2.51. The minimum Gasteiger partial charge on any atom is -0.471 e. The van der Waals surface area contributed by atoms with E-state index in [-0.39, 0.29) is 24.5 Å². The number of nitrogens with zero attached hydrogens (tertiary/aromatic N) is 2. The molecule has 1 amide bonds. The fourth-order valence-electron chi connectivity index (χ4n) is 2.51. The van der Waals surface area contributed by atoms with Crippen LogP contribution in [0.3, 0.4) is 0 Å². The Morgan fingerprint density at radius 3 is 2.26 bits per heavy atom. The second-order valence-corrected chi connectivity index (χ2v) is 5.91. The van der Waals surface area contributed by atoms with Crippen LogP contribution in [0.15, 0.2) is 42.6 Å². The topological polar surface area (TPSA) is 42.4 Å². The second-order valence-electron chi connectivity index (χ2n) is 5.91. The van der Waals surface area contributed by atoms with Gasteiger partial charge >= 0.3 is 12.4 Å². The Morgan fingerprint density at radius 2 is 1.63 bits per heavy atom. The Labute approximate surface area is 149 Å². The van der Waals surface area contributed by atoms with Crippen LogP contribution in [0, 0.1) is 0 Å². The molecular formula is C17H12F6N2O2. The monoisotopic (exact) mass is 390 g/mol. The molecule has 10 heteroatoms. The van der Waals surface area contributed by atoms with Gasteiger partial charge in [0.15, 0.2) is 0 Å². The summed E-state index contributed by atoms with van der Waals surface area (Å²) in [6.07, 6.45) is -8.73. The quantitative estimate of drug-likeness (QED) is 0.744. The Kier molecular flexibility index (Phi) is 4.75. The van der Waals surface area contributed by atoms with Crippen LogP contribution in [0.5, 0.6) is 5.88 Å². The lowest BCUT2D eigenvalue weighted by molar-refractivity contribution is -0.138. The van der Waals surface area contributed by atoms with Crippen molar-refractivity contribution >= 4 is 5.91 Å². The highest BCUT2D eigenvalue weighted by Gasteiger charge is 2.36. The highest BCUT2D eigenvalue weighted by Crippen LogP contribution is 2.32. The zero-order valence-electron chi connectivity index (χ0n) is 13.5. The number of carbonyl (C=O) groups excluding carboxylic acids is 1. The molecule has 144 valence electrons. The van der Waals surface area contributed by atoms with E-state index in [0.29, 0.717) is 0 Å². The number of aromatic nitrogens is 1. The van der Waals surface area contributed by atoms with Crippen LogP contribution < -0.4 is 4.74 Å². The number of likely N-dealkylation sites (tertiary alicyclic amines) is 1. The lowest BCUT2D eigenvalue weighted by atomic mass is 10.1. The van der Waals surface area contributed by atoms with Crippen molar-refractivity contribution in [3.8, 4) is 5.88 Å². The molecule has 1 aromatic carbocycles. The van der Waals surface area contributed by atoms with Crippen LogP contribution in [-0.4, -0.2) is 35.0 Å². The molecule has 0 radical (unpaired) electrons. The van der Waals surface area contributed by atoms with E-state index in [9.17, 15) is 31.1 Å². The van der Waals surface area contributed by atoms with E-state index in [0.717, 1.165) is 36.5 Å². The molecule has 2 aromatic rings. The van der Waals surface area contributed by atoms with Gasteiger partial charge < -0.3 is 9.64 Å². The van der Waals surface area contributed by atoms with Crippen LogP contribution in [-0.2, 0) is 12.4 Å². The zero-order chi connectivity index (χ0) is 19.8. The maximum atomic E-state index is 12.7. The normalized spacial score (nSPS) is 15.4. The molecule has 0 atom stereocenters. The van der Waals surface area contributed by atoms with Gasteiger partial charge in [-0.3, -0.25) is 4.79 Å². The first-order valence-electron chi connectivity index (χ1n) is 7.70. The van der Waals surface area contributed by atoms with Crippen LogP contribution in [0.2, 0.25) is 0 Å². The number of hydrogen-bond donors (Lipinski definition) is 0. The van der Waals surface area contributed by atoms with Crippen molar-refractivity contribution in [2.75, 3.05) is 13.1 Å². The maximum absolute atomic E-state index is 12.7. The van der Waals surface area contributed by atoms with Gasteiger partial charge in [0.1, 0.15) is 6.10 Å². The number of hydrogen-bond acceptors (Lipinski definition) is 3. The molecule has 1 fully saturated rings. The first-order chi connectivity index (χ1) is 12.5. The van der Waals surface area contributed by atoms with Crippen molar-refractivity contribution in [1.82, 2.24) is 9.88 Å². The molecular weight excluding hydrogens is 378 g/mol. The molecule has 1 saturated heterocycles. The first-order valence-corrected chi connectivity index (χ1v) is 7.70. The molecule has 1 aliphatic heterocycles. The summed E-state index contributed by atoms with van der Waals surface area (Å²) in [5, 5.41) is 0. The van der Waals surface area contributed by atoms with Gasteiger partial charge in [-0.05, 0) is 24.3 Å². The van der Waals surface area contributed by atoms with Crippen LogP contribution >= 0.6 is 0 Å². The van der Waals surface area contributed by atoms with Crippen LogP contribution in [0.1, 0.15) is 21.5 Å². The van der Waals surface area contributed by atoms with Gasteiger partial charge in [-0.15, -0.1) is 0 Å². The van der Waals surface area contributed by atoms with E-state index < -0.39 is 35.5 Å². The van der Waals surface area contributed by atoms with Gasteiger partial charge in [0.25, 0.3) is 5.91 Å². The molecule has 0 bridgehead atoms. The fraction of sp³-hybridized carbons (Fsp3) is 0.294. The van der Waals surface area contributed by atoms with Crippen molar-refractivity contribution in [2.45, 2.75) is 18.5 Å². The average Bonchev–Trinajstić information content (AvgIpc) is 2.56. The number of carbonyl (C=O) groups is 1. The SMILES string of the molecule is O=C(c1cccc(C(F)(F)F)c1)N1CC(Oc2cc(C(F)(F)F)ccn2)C1. The summed E-state index contributed by atoms with van der Waals surface area (Å²) in [6.45, 7) is 0.0695. The number of amides is 1. The highest BCUT2D eigenvalue weighted by atomic mass is 19.4. The standard InChI is InChI=1S/C17H12F6N2O2/c18-16(19,20)11-3-1-2-10(6-11)15(26)25-8-13(9-25)27-14-7-12(4-5-24-14)17(21,22)23/h1-7,13H,8-9H2. The average molecular weight is 390 g/mol. The molecule has 2 heterocycles. The molecule has 3 rings (SSSR count). The van der Waals surface area contributed by atoms with Crippen LogP contribution in [0.4, 0.5) is 26.3 Å². The molecule has 0 saturated carbocycles. The summed E-state index contributed by atoms with van der Waals surface area (Å²) in [5.41, 5.74) is -1.97. The maximum Gasteiger partial charge on any atom is 0.416 e. The van der Waals surface area contributed by atoms with Gasteiger partial charge in [-0.1, -0.05) is 6.07 Å². The summed E-state index contributed by atoms with van der Waals surface area (Å²) in [6, 6.07) is 5.56. The van der Waals surface area contributed by atoms with Crippen LogP contribution in [0.25, 0.3) is 0 Å². The van der Waals surface area contributed by atoms with E-state index in [2.05, 4.69) is 4.98 Å². The van der Waals surface area contributed by atoms with Gasteiger partial charge in [0.05, 0.1) is 24.2 Å². The highest BCUT2D eigenvalue weighted by molar-refractivity contribution is 5.95. The number of alkyl halides is 6. The largest absolute Gasteiger partial charge is 0.471 e. The predicted molar refractivity (Wildman–Crippen MR) is 81.0 cm³/mol. The zero-order valence-corrected chi connectivity index (χ0v) is 13.5. The Bertz CT molecular complexity index is 844. The van der Waals surface area contributed by atoms with Crippen molar-refractivity contribution in [3.63, 3.8) is 0 Å². The summed E-state index contributed by atoms with van der Waals surface area (Å²) in [5.74, 6) is -0.848. The molecule has 0 spiro atoms. The smallest absolute Gasteiger partial charge is 0.416 e. The Hall–Kier alpha value is -2.78. The third-order valence-corrected chi connectivity index (χ3v) is 3.92. The minimum atomic E-state index is -4.56. The van der Waals surface area contributed by atoms with E-state index in [4.69, 9.17) is 4.74 Å². The van der Waals surface area contributed by atoms with Gasteiger partial charge in [-0.25, -0.2) is 4.98 Å². The third kappa shape index (κ3) is 4.32. The lowest BCUT2D eigenvalue weighted by Gasteiger charge is -2.38. The molecule has 1 aliphatic rings. The number of ether oxygens (including phenoxy) is 1. The third-order valence-electron chi connectivity index (χ3n) is 3.92. The predicted octanol–water partition coefficient (Wildman–Crippen LogP) is 4.02. The molecule has 4 nitrogen and oxygen atoms in total. The van der Waals surface area contributed by atoms with E-state index in [1.165, 1.54) is 11.0 Å². The van der Waals surface area contributed by atoms with Gasteiger partial charge in [-0.2, -0.15) is 26.3 Å². The van der Waals surface area contributed by atoms with E-state index in [1.807, 2.05) is 0 Å². The molecule has 0 aliphatic carbocycles. The van der Waals surface area contributed by atoms with Crippen molar-refractivity contribution < 1.29 is 35.9 Å². The summed E-state index contributed by atoms with van der Waals surface area (Å²) < 4.78 is 81.4. The van der Waals surface area contributed by atoms with E-state index in [1.54, 1.807) is 0 Å². The van der Waals surface area contributed by atoms with Gasteiger partial charge in [0, 0.05) is 17.8 Å². The van der Waals surface area contributed by atoms with Crippen molar-refractivity contribution in [2.24, 2.45) is 0 Å². The number of halogens is 6. The summed E-state index contributed by atoms with van der Waals surface area (Å²) in [7, 11) is 0. The van der Waals surface area contributed by atoms with E-state index >= 15 is 0 Å². The van der Waals surface area contributed by atoms with Crippen molar-refractivity contribution in [1.29, 1.82) is 0 Å². The molecule has 0 N–H and O–H groups in total. The molecule has 1 aromatic heterocycles. The lowest BCUT2D eigenvalue weighted by Crippen LogP contribution is -2.56. The second kappa shape index (κ2) is 6.75. The summed E-state index contributed by atoms with van der Waals surface area (Å²) >= 11 is 0. The molecule has 0 unspecified atom stereocenters. The minimum absolute atomic E-state index is 0.0347. The Morgan fingerprint density at radius 1 is 1.00 bits per heavy atom. The Balaban J connectivity index is 1.61. The summed E-state index contributed by atoms with van der Waals surface area (Å²) in [4.78, 5) is 17.2. The molecule has 27 heavy (non-hydrogen) atoms. The number of pyridine rings is 1. The number of rotatable bonds is 3. The van der Waals surface area contributed by atoms with Gasteiger partial charge in [0.2, 0.25) is 5.88 Å².